The highest BCUT2D eigenvalue weighted by Gasteiger charge is 2.36. The summed E-state index contributed by atoms with van der Waals surface area (Å²) in [7, 11) is 0. The molecule has 2 saturated heterocycles. The van der Waals surface area contributed by atoms with Gasteiger partial charge in [0.15, 0.2) is 5.13 Å². The predicted molar refractivity (Wildman–Crippen MR) is 76.5 cm³/mol. The third-order valence-corrected chi connectivity index (χ3v) is 5.35. The lowest BCUT2D eigenvalue weighted by molar-refractivity contribution is -0.135. The Morgan fingerprint density at radius 2 is 2.11 bits per heavy atom. The molecule has 0 aromatic carbocycles. The topological polar surface area (TPSA) is 36.4 Å². The fourth-order valence-electron chi connectivity index (χ4n) is 2.32. The molecule has 98 valence electrons. The van der Waals surface area contributed by atoms with Crippen LogP contribution >= 0.6 is 23.1 Å². The first-order chi connectivity index (χ1) is 8.74. The van der Waals surface area contributed by atoms with Crippen molar-refractivity contribution >= 4 is 34.1 Å². The Morgan fingerprint density at radius 3 is 2.72 bits per heavy atom. The Morgan fingerprint density at radius 1 is 1.39 bits per heavy atom. The van der Waals surface area contributed by atoms with E-state index in [4.69, 9.17) is 0 Å². The highest BCUT2D eigenvalue weighted by atomic mass is 32.2. The van der Waals surface area contributed by atoms with Crippen LogP contribution in [0.15, 0.2) is 6.20 Å². The van der Waals surface area contributed by atoms with Gasteiger partial charge in [-0.1, -0.05) is 0 Å². The Balaban J connectivity index is 1.53. The largest absolute Gasteiger partial charge is 0.346 e. The number of nitrogens with zero attached hydrogens (tertiary/aromatic N) is 3. The Bertz CT molecular complexity index is 436. The number of rotatable bonds is 2. The SMILES string of the molecule is Cc1cnc(N2CC(C(=O)N3CCSCC3)C2)s1. The first-order valence-electron chi connectivity index (χ1n) is 6.28. The highest BCUT2D eigenvalue weighted by Crippen LogP contribution is 2.29. The van der Waals surface area contributed by atoms with E-state index in [0.29, 0.717) is 5.91 Å². The summed E-state index contributed by atoms with van der Waals surface area (Å²) in [6.07, 6.45) is 1.90. The first-order valence-corrected chi connectivity index (χ1v) is 8.25. The van der Waals surface area contributed by atoms with Gasteiger partial charge in [-0.15, -0.1) is 11.3 Å². The van der Waals surface area contributed by atoms with Gasteiger partial charge in [-0.05, 0) is 6.92 Å². The van der Waals surface area contributed by atoms with Gasteiger partial charge in [-0.25, -0.2) is 4.98 Å². The molecule has 1 aromatic heterocycles. The Labute approximate surface area is 115 Å². The minimum absolute atomic E-state index is 0.192. The van der Waals surface area contributed by atoms with E-state index in [-0.39, 0.29) is 5.92 Å². The quantitative estimate of drug-likeness (QED) is 0.823. The molecule has 4 nitrogen and oxygen atoms in total. The molecule has 0 unspecified atom stereocenters. The van der Waals surface area contributed by atoms with E-state index in [0.717, 1.165) is 42.8 Å². The zero-order chi connectivity index (χ0) is 12.5. The molecule has 3 heterocycles. The monoisotopic (exact) mass is 283 g/mol. The molecule has 0 radical (unpaired) electrons. The second-order valence-corrected chi connectivity index (χ2v) is 7.23. The molecule has 2 aliphatic rings. The normalized spacial score (nSPS) is 20.9. The molecule has 2 fully saturated rings. The minimum Gasteiger partial charge on any atom is -0.346 e. The van der Waals surface area contributed by atoms with Gasteiger partial charge >= 0.3 is 0 Å². The second kappa shape index (κ2) is 5.09. The summed E-state index contributed by atoms with van der Waals surface area (Å²) < 4.78 is 0. The van der Waals surface area contributed by atoms with Gasteiger partial charge in [0.05, 0.1) is 5.92 Å². The van der Waals surface area contributed by atoms with Gasteiger partial charge in [-0.2, -0.15) is 11.8 Å². The molecular formula is C12H17N3OS2. The Hall–Kier alpha value is -0.750. The minimum atomic E-state index is 0.192. The molecule has 0 saturated carbocycles. The summed E-state index contributed by atoms with van der Waals surface area (Å²) in [5, 5.41) is 1.06. The van der Waals surface area contributed by atoms with Crippen LogP contribution in [0.4, 0.5) is 5.13 Å². The van der Waals surface area contributed by atoms with Crippen LogP contribution in [0.25, 0.3) is 0 Å². The lowest BCUT2D eigenvalue weighted by Crippen LogP contribution is -2.55. The summed E-state index contributed by atoms with van der Waals surface area (Å²) in [4.78, 5) is 22.1. The van der Waals surface area contributed by atoms with Crippen LogP contribution in [0.5, 0.6) is 0 Å². The number of hydrogen-bond acceptors (Lipinski definition) is 5. The molecule has 1 amide bonds. The van der Waals surface area contributed by atoms with Crippen molar-refractivity contribution in [2.75, 3.05) is 42.6 Å². The molecule has 6 heteroatoms. The number of carbonyl (C=O) groups is 1. The molecule has 1 aromatic rings. The van der Waals surface area contributed by atoms with E-state index in [1.165, 1.54) is 4.88 Å². The number of thiazole rings is 1. The van der Waals surface area contributed by atoms with E-state index < -0.39 is 0 Å². The number of thioether (sulfide) groups is 1. The van der Waals surface area contributed by atoms with E-state index in [1.807, 2.05) is 22.9 Å². The van der Waals surface area contributed by atoms with Crippen molar-refractivity contribution in [2.45, 2.75) is 6.92 Å². The van der Waals surface area contributed by atoms with Gasteiger partial charge in [0, 0.05) is 48.8 Å². The van der Waals surface area contributed by atoms with Gasteiger partial charge in [-0.3, -0.25) is 4.79 Å². The Kier molecular flexibility index (Phi) is 3.48. The third-order valence-electron chi connectivity index (χ3n) is 3.43. The fourth-order valence-corrected chi connectivity index (χ4v) is 4.00. The summed E-state index contributed by atoms with van der Waals surface area (Å²) in [6.45, 7) is 5.60. The zero-order valence-electron chi connectivity index (χ0n) is 10.5. The third kappa shape index (κ3) is 2.36. The molecule has 0 N–H and O–H groups in total. The second-order valence-electron chi connectivity index (χ2n) is 4.79. The van der Waals surface area contributed by atoms with E-state index >= 15 is 0 Å². The van der Waals surface area contributed by atoms with Crippen molar-refractivity contribution in [3.05, 3.63) is 11.1 Å². The molecule has 0 aliphatic carbocycles. The maximum Gasteiger partial charge on any atom is 0.229 e. The van der Waals surface area contributed by atoms with Crippen molar-refractivity contribution in [2.24, 2.45) is 5.92 Å². The maximum absolute atomic E-state index is 12.2. The molecular weight excluding hydrogens is 266 g/mol. The summed E-state index contributed by atoms with van der Waals surface area (Å²) in [5.41, 5.74) is 0. The summed E-state index contributed by atoms with van der Waals surface area (Å²) in [5.74, 6) is 2.72. The van der Waals surface area contributed by atoms with Crippen LogP contribution in [0.2, 0.25) is 0 Å². The number of hydrogen-bond donors (Lipinski definition) is 0. The van der Waals surface area contributed by atoms with Crippen LogP contribution < -0.4 is 4.90 Å². The van der Waals surface area contributed by atoms with Crippen molar-refractivity contribution in [3.8, 4) is 0 Å². The lowest BCUT2D eigenvalue weighted by atomic mass is 9.99. The van der Waals surface area contributed by atoms with Gasteiger partial charge in [0.1, 0.15) is 0 Å². The fraction of sp³-hybridized carbons (Fsp3) is 0.667. The standard InChI is InChI=1S/C12H17N3OS2/c1-9-6-13-12(18-9)15-7-10(8-15)11(16)14-2-4-17-5-3-14/h6,10H,2-5,7-8H2,1H3. The van der Waals surface area contributed by atoms with Crippen molar-refractivity contribution in [3.63, 3.8) is 0 Å². The van der Waals surface area contributed by atoms with E-state index in [2.05, 4.69) is 16.8 Å². The first kappa shape index (κ1) is 12.3. The average molecular weight is 283 g/mol. The van der Waals surface area contributed by atoms with E-state index in [1.54, 1.807) is 11.3 Å². The van der Waals surface area contributed by atoms with Crippen LogP contribution in [0.1, 0.15) is 4.88 Å². The molecule has 0 atom stereocenters. The number of carbonyl (C=O) groups excluding carboxylic acids is 1. The molecule has 18 heavy (non-hydrogen) atoms. The van der Waals surface area contributed by atoms with Gasteiger partial charge < -0.3 is 9.80 Å². The van der Waals surface area contributed by atoms with E-state index in [9.17, 15) is 4.79 Å². The molecule has 0 bridgehead atoms. The van der Waals surface area contributed by atoms with Crippen LogP contribution in [-0.4, -0.2) is 53.5 Å². The number of aryl methyl sites for hydroxylation is 1. The highest BCUT2D eigenvalue weighted by molar-refractivity contribution is 7.99. The number of aromatic nitrogens is 1. The van der Waals surface area contributed by atoms with Gasteiger partial charge in [0.25, 0.3) is 0 Å². The average Bonchev–Trinajstić information content (AvgIpc) is 2.75. The lowest BCUT2D eigenvalue weighted by Gasteiger charge is -2.41. The summed E-state index contributed by atoms with van der Waals surface area (Å²) >= 11 is 3.65. The number of amides is 1. The van der Waals surface area contributed by atoms with Crippen molar-refractivity contribution < 1.29 is 4.79 Å². The van der Waals surface area contributed by atoms with Crippen molar-refractivity contribution in [1.82, 2.24) is 9.88 Å². The number of anilines is 1. The maximum atomic E-state index is 12.2. The van der Waals surface area contributed by atoms with Crippen LogP contribution in [0, 0.1) is 12.8 Å². The van der Waals surface area contributed by atoms with Crippen molar-refractivity contribution in [1.29, 1.82) is 0 Å². The summed E-state index contributed by atoms with van der Waals surface area (Å²) in [6, 6.07) is 0. The molecule has 2 aliphatic heterocycles. The smallest absolute Gasteiger partial charge is 0.229 e. The van der Waals surface area contributed by atoms with Crippen LogP contribution in [-0.2, 0) is 4.79 Å². The zero-order valence-corrected chi connectivity index (χ0v) is 12.1. The van der Waals surface area contributed by atoms with Gasteiger partial charge in [0.2, 0.25) is 5.91 Å². The molecule has 3 rings (SSSR count). The molecule has 0 spiro atoms. The van der Waals surface area contributed by atoms with Crippen LogP contribution in [0.3, 0.4) is 0 Å². The predicted octanol–water partition coefficient (Wildman–Crippen LogP) is 1.46.